The van der Waals surface area contributed by atoms with Crippen LogP contribution in [-0.2, 0) is 11.3 Å². The molecule has 0 aliphatic carbocycles. The van der Waals surface area contributed by atoms with Crippen LogP contribution in [0.2, 0.25) is 0 Å². The summed E-state index contributed by atoms with van der Waals surface area (Å²) in [5.41, 5.74) is 7.52. The quantitative estimate of drug-likeness (QED) is 0.824. The molecule has 1 amide bonds. The number of carbonyl (C=O) groups is 1. The third kappa shape index (κ3) is 2.93. The van der Waals surface area contributed by atoms with Gasteiger partial charge in [0.15, 0.2) is 11.5 Å². The summed E-state index contributed by atoms with van der Waals surface area (Å²) in [5.74, 6) is 1.07. The molecule has 2 N–H and O–H groups in total. The van der Waals surface area contributed by atoms with Gasteiger partial charge in [0.2, 0.25) is 5.91 Å². The fourth-order valence-electron chi connectivity index (χ4n) is 2.52. The van der Waals surface area contributed by atoms with E-state index in [2.05, 4.69) is 6.58 Å². The van der Waals surface area contributed by atoms with Gasteiger partial charge < -0.3 is 15.2 Å². The number of hydrogen-bond donors (Lipinski definition) is 1. The lowest BCUT2D eigenvalue weighted by Gasteiger charge is -2.21. The average molecular weight is 276 g/mol. The van der Waals surface area contributed by atoms with E-state index < -0.39 is 0 Å². The van der Waals surface area contributed by atoms with Gasteiger partial charge in [0, 0.05) is 13.1 Å². The van der Waals surface area contributed by atoms with Crippen molar-refractivity contribution in [3.05, 3.63) is 35.9 Å². The number of methoxy groups -OCH3 is 2. The SMILES string of the molecule is C=C1CC(C(N)=O)N(Cc2ccc(OC)c(OC)c2)C1. The number of likely N-dealkylation sites (tertiary alicyclic amines) is 1. The van der Waals surface area contributed by atoms with Crippen LogP contribution in [0.25, 0.3) is 0 Å². The molecule has 0 bridgehead atoms. The molecule has 1 aromatic carbocycles. The van der Waals surface area contributed by atoms with Gasteiger partial charge in [0.1, 0.15) is 0 Å². The summed E-state index contributed by atoms with van der Waals surface area (Å²) >= 11 is 0. The molecular formula is C15H20N2O3. The van der Waals surface area contributed by atoms with Crippen molar-refractivity contribution in [3.8, 4) is 11.5 Å². The number of rotatable bonds is 5. The molecule has 1 aliphatic heterocycles. The van der Waals surface area contributed by atoms with Gasteiger partial charge in [0.25, 0.3) is 0 Å². The van der Waals surface area contributed by atoms with Crippen LogP contribution >= 0.6 is 0 Å². The number of hydrogen-bond acceptors (Lipinski definition) is 4. The average Bonchev–Trinajstić information content (AvgIpc) is 2.79. The van der Waals surface area contributed by atoms with Crippen molar-refractivity contribution in [2.75, 3.05) is 20.8 Å². The van der Waals surface area contributed by atoms with Crippen LogP contribution in [0.15, 0.2) is 30.4 Å². The van der Waals surface area contributed by atoms with Gasteiger partial charge in [-0.05, 0) is 24.1 Å². The van der Waals surface area contributed by atoms with Crippen LogP contribution in [0, 0.1) is 0 Å². The van der Waals surface area contributed by atoms with Crippen LogP contribution in [0.5, 0.6) is 11.5 Å². The lowest BCUT2D eigenvalue weighted by Crippen LogP contribution is -2.39. The van der Waals surface area contributed by atoms with E-state index in [-0.39, 0.29) is 11.9 Å². The Morgan fingerprint density at radius 1 is 1.40 bits per heavy atom. The van der Waals surface area contributed by atoms with Crippen molar-refractivity contribution in [2.45, 2.75) is 19.0 Å². The normalized spacial score (nSPS) is 19.1. The van der Waals surface area contributed by atoms with E-state index in [0.29, 0.717) is 31.0 Å². The minimum Gasteiger partial charge on any atom is -0.493 e. The summed E-state index contributed by atoms with van der Waals surface area (Å²) in [6.07, 6.45) is 0.641. The lowest BCUT2D eigenvalue weighted by molar-refractivity contribution is -0.122. The van der Waals surface area contributed by atoms with E-state index >= 15 is 0 Å². The smallest absolute Gasteiger partial charge is 0.235 e. The zero-order chi connectivity index (χ0) is 14.7. The van der Waals surface area contributed by atoms with Crippen molar-refractivity contribution in [3.63, 3.8) is 0 Å². The molecule has 0 saturated carbocycles. The molecule has 5 nitrogen and oxygen atoms in total. The number of ether oxygens (including phenoxy) is 2. The summed E-state index contributed by atoms with van der Waals surface area (Å²) in [7, 11) is 3.21. The van der Waals surface area contributed by atoms with Crippen LogP contribution in [0.4, 0.5) is 0 Å². The largest absolute Gasteiger partial charge is 0.493 e. The summed E-state index contributed by atoms with van der Waals surface area (Å²) in [4.78, 5) is 13.5. The number of nitrogens with zero attached hydrogens (tertiary/aromatic N) is 1. The van der Waals surface area contributed by atoms with E-state index in [0.717, 1.165) is 11.1 Å². The second-order valence-electron chi connectivity index (χ2n) is 4.97. The molecule has 0 radical (unpaired) electrons. The first-order valence-electron chi connectivity index (χ1n) is 6.46. The molecular weight excluding hydrogens is 256 g/mol. The maximum atomic E-state index is 11.5. The van der Waals surface area contributed by atoms with Gasteiger partial charge >= 0.3 is 0 Å². The Hall–Kier alpha value is -2.01. The highest BCUT2D eigenvalue weighted by Crippen LogP contribution is 2.29. The minimum absolute atomic E-state index is 0.268. The van der Waals surface area contributed by atoms with E-state index in [9.17, 15) is 4.79 Å². The molecule has 1 aromatic rings. The second-order valence-corrected chi connectivity index (χ2v) is 4.97. The fraction of sp³-hybridized carbons (Fsp3) is 0.400. The zero-order valence-corrected chi connectivity index (χ0v) is 11.9. The Labute approximate surface area is 119 Å². The summed E-state index contributed by atoms with van der Waals surface area (Å²) < 4.78 is 10.5. The first-order valence-corrected chi connectivity index (χ1v) is 6.46. The molecule has 1 aliphatic rings. The third-order valence-corrected chi connectivity index (χ3v) is 3.51. The highest BCUT2D eigenvalue weighted by Gasteiger charge is 2.31. The Kier molecular flexibility index (Phi) is 4.29. The molecule has 20 heavy (non-hydrogen) atoms. The summed E-state index contributed by atoms with van der Waals surface area (Å²) in [6, 6.07) is 5.46. The molecule has 1 unspecified atom stereocenters. The zero-order valence-electron chi connectivity index (χ0n) is 11.9. The van der Waals surface area contributed by atoms with Gasteiger partial charge in [-0.2, -0.15) is 0 Å². The number of primary amides is 1. The topological polar surface area (TPSA) is 64.8 Å². The van der Waals surface area contributed by atoms with Gasteiger partial charge in [-0.15, -0.1) is 0 Å². The number of carbonyl (C=O) groups excluding carboxylic acids is 1. The first kappa shape index (κ1) is 14.4. The van der Waals surface area contributed by atoms with Crippen LogP contribution in [0.3, 0.4) is 0 Å². The van der Waals surface area contributed by atoms with Crippen LogP contribution < -0.4 is 15.2 Å². The summed E-state index contributed by atoms with van der Waals surface area (Å²) in [6.45, 7) is 5.27. The Morgan fingerprint density at radius 2 is 2.10 bits per heavy atom. The van der Waals surface area contributed by atoms with E-state index in [1.165, 1.54) is 0 Å². The first-order chi connectivity index (χ1) is 9.55. The van der Waals surface area contributed by atoms with Crippen molar-refractivity contribution in [1.82, 2.24) is 4.90 Å². The van der Waals surface area contributed by atoms with Crippen molar-refractivity contribution < 1.29 is 14.3 Å². The fourth-order valence-corrected chi connectivity index (χ4v) is 2.52. The number of amides is 1. The van der Waals surface area contributed by atoms with Gasteiger partial charge in [-0.1, -0.05) is 18.2 Å². The van der Waals surface area contributed by atoms with Crippen molar-refractivity contribution >= 4 is 5.91 Å². The molecule has 0 aromatic heterocycles. The van der Waals surface area contributed by atoms with E-state index in [4.69, 9.17) is 15.2 Å². The maximum absolute atomic E-state index is 11.5. The second kappa shape index (κ2) is 5.96. The standard InChI is InChI=1S/C15H20N2O3/c1-10-6-12(15(16)18)17(8-10)9-11-4-5-13(19-2)14(7-11)20-3/h4-5,7,12H,1,6,8-9H2,2-3H3,(H2,16,18). The van der Waals surface area contributed by atoms with E-state index in [1.807, 2.05) is 23.1 Å². The Morgan fingerprint density at radius 3 is 2.70 bits per heavy atom. The van der Waals surface area contributed by atoms with Crippen LogP contribution in [-0.4, -0.2) is 37.6 Å². The molecule has 5 heteroatoms. The molecule has 2 rings (SSSR count). The molecule has 1 saturated heterocycles. The predicted octanol–water partition coefficient (Wildman–Crippen LogP) is 1.32. The number of nitrogens with two attached hydrogens (primary N) is 1. The summed E-state index contributed by atoms with van der Waals surface area (Å²) in [5, 5.41) is 0. The van der Waals surface area contributed by atoms with Gasteiger partial charge in [-0.3, -0.25) is 9.69 Å². The number of benzene rings is 1. The van der Waals surface area contributed by atoms with Crippen molar-refractivity contribution in [2.24, 2.45) is 5.73 Å². The van der Waals surface area contributed by atoms with Gasteiger partial charge in [-0.25, -0.2) is 0 Å². The minimum atomic E-state index is -0.302. The third-order valence-electron chi connectivity index (χ3n) is 3.51. The highest BCUT2D eigenvalue weighted by atomic mass is 16.5. The monoisotopic (exact) mass is 276 g/mol. The Bertz CT molecular complexity index is 528. The van der Waals surface area contributed by atoms with Crippen LogP contribution in [0.1, 0.15) is 12.0 Å². The molecule has 1 heterocycles. The predicted molar refractivity (Wildman–Crippen MR) is 76.7 cm³/mol. The molecule has 1 fully saturated rings. The molecule has 1 atom stereocenters. The maximum Gasteiger partial charge on any atom is 0.235 e. The van der Waals surface area contributed by atoms with E-state index in [1.54, 1.807) is 14.2 Å². The molecule has 108 valence electrons. The van der Waals surface area contributed by atoms with Crippen molar-refractivity contribution in [1.29, 1.82) is 0 Å². The molecule has 0 spiro atoms. The lowest BCUT2D eigenvalue weighted by atomic mass is 10.1. The van der Waals surface area contributed by atoms with Gasteiger partial charge in [0.05, 0.1) is 20.3 Å². The Balaban J connectivity index is 2.17. The highest BCUT2D eigenvalue weighted by molar-refractivity contribution is 5.80.